The number of esters is 1. The van der Waals surface area contributed by atoms with Crippen molar-refractivity contribution in [1.82, 2.24) is 5.32 Å². The Labute approximate surface area is 57.5 Å². The zero-order valence-electron chi connectivity index (χ0n) is 5.29. The highest BCUT2D eigenvalue weighted by atomic mass is 16.6. The van der Waals surface area contributed by atoms with E-state index in [2.05, 4.69) is 10.1 Å². The number of hydrogen-bond acceptors (Lipinski definition) is 4. The summed E-state index contributed by atoms with van der Waals surface area (Å²) in [5.74, 6) is -0.790. The van der Waals surface area contributed by atoms with E-state index in [1.807, 2.05) is 0 Å². The normalized spacial score (nSPS) is 22.9. The molecule has 1 saturated heterocycles. The first-order chi connectivity index (χ1) is 4.74. The predicted octanol–water partition coefficient (Wildman–Crippen LogP) is -2.01. The van der Waals surface area contributed by atoms with Gasteiger partial charge in [-0.05, 0) is 0 Å². The molecule has 10 heavy (non-hydrogen) atoms. The lowest BCUT2D eigenvalue weighted by atomic mass is 10.2. The van der Waals surface area contributed by atoms with Gasteiger partial charge in [0, 0.05) is 0 Å². The zero-order chi connectivity index (χ0) is 7.56. The van der Waals surface area contributed by atoms with Gasteiger partial charge in [0.15, 0.2) is 6.10 Å². The Morgan fingerprint density at radius 2 is 2.60 bits per heavy atom. The van der Waals surface area contributed by atoms with Gasteiger partial charge in [0.1, 0.15) is 0 Å². The lowest BCUT2D eigenvalue weighted by Gasteiger charge is -2.24. The van der Waals surface area contributed by atoms with Gasteiger partial charge in [0.2, 0.25) is 0 Å². The minimum Gasteiger partial charge on any atom is -0.449 e. The molecule has 1 heterocycles. The molecule has 1 amide bonds. The molecule has 0 radical (unpaired) electrons. The molecule has 1 atom stereocenters. The average Bonchev–Trinajstić information content (AvgIpc) is 1.96. The van der Waals surface area contributed by atoms with Crippen LogP contribution in [0.15, 0.2) is 0 Å². The van der Waals surface area contributed by atoms with Crippen LogP contribution in [-0.4, -0.2) is 31.1 Å². The second-order valence-electron chi connectivity index (χ2n) is 1.93. The summed E-state index contributed by atoms with van der Waals surface area (Å²) < 4.78 is 4.57. The molecular weight excluding hydrogens is 136 g/mol. The molecule has 0 saturated carbocycles. The number of carbonyl (C=O) groups excluding carboxylic acids is 2. The van der Waals surface area contributed by atoms with Crippen LogP contribution in [0.2, 0.25) is 0 Å². The van der Waals surface area contributed by atoms with Crippen LogP contribution < -0.4 is 11.1 Å². The Morgan fingerprint density at radius 1 is 1.90 bits per heavy atom. The molecule has 0 aliphatic carbocycles. The van der Waals surface area contributed by atoms with E-state index < -0.39 is 12.1 Å². The minimum atomic E-state index is -0.601. The summed E-state index contributed by atoms with van der Waals surface area (Å²) in [5, 5.41) is 2.43. The summed E-state index contributed by atoms with van der Waals surface area (Å²) in [6.07, 6.45) is -0.601. The molecule has 5 heteroatoms. The monoisotopic (exact) mass is 144 g/mol. The van der Waals surface area contributed by atoms with Gasteiger partial charge in [-0.3, -0.25) is 9.59 Å². The quantitative estimate of drug-likeness (QED) is 0.346. The Hall–Kier alpha value is -1.10. The van der Waals surface area contributed by atoms with Crippen LogP contribution in [0.5, 0.6) is 0 Å². The van der Waals surface area contributed by atoms with E-state index in [-0.39, 0.29) is 12.5 Å². The van der Waals surface area contributed by atoms with Crippen molar-refractivity contribution < 1.29 is 14.3 Å². The van der Waals surface area contributed by atoms with Gasteiger partial charge in [-0.15, -0.1) is 0 Å². The molecule has 0 aromatic rings. The number of rotatable bonds is 2. The van der Waals surface area contributed by atoms with E-state index in [9.17, 15) is 9.59 Å². The smallest absolute Gasteiger partial charge is 0.320 e. The first-order valence-corrected chi connectivity index (χ1v) is 2.91. The van der Waals surface area contributed by atoms with Crippen molar-refractivity contribution in [2.75, 3.05) is 13.1 Å². The van der Waals surface area contributed by atoms with E-state index >= 15 is 0 Å². The third kappa shape index (κ3) is 1.24. The topological polar surface area (TPSA) is 81.4 Å². The highest BCUT2D eigenvalue weighted by molar-refractivity contribution is 5.89. The molecule has 1 rings (SSSR count). The lowest BCUT2D eigenvalue weighted by Crippen LogP contribution is -2.55. The third-order valence-electron chi connectivity index (χ3n) is 1.19. The first-order valence-electron chi connectivity index (χ1n) is 2.91. The number of nitrogens with two attached hydrogens (primary N) is 1. The van der Waals surface area contributed by atoms with E-state index in [1.165, 1.54) is 0 Å². The molecule has 1 fully saturated rings. The second-order valence-corrected chi connectivity index (χ2v) is 1.93. The number of carbonyl (C=O) groups is 2. The zero-order valence-corrected chi connectivity index (χ0v) is 5.29. The Kier molecular flexibility index (Phi) is 1.86. The number of amides is 1. The van der Waals surface area contributed by atoms with Crippen LogP contribution in [-0.2, 0) is 14.3 Å². The minimum absolute atomic E-state index is 0.177. The van der Waals surface area contributed by atoms with Gasteiger partial charge in [0.25, 0.3) is 5.91 Å². The summed E-state index contributed by atoms with van der Waals surface area (Å²) in [6, 6.07) is 0. The third-order valence-corrected chi connectivity index (χ3v) is 1.19. The van der Waals surface area contributed by atoms with Gasteiger partial charge >= 0.3 is 5.97 Å². The number of ether oxygens (including phenoxy) is 1. The summed E-state index contributed by atoms with van der Waals surface area (Å²) in [4.78, 5) is 20.9. The highest BCUT2D eigenvalue weighted by Crippen LogP contribution is 1.99. The molecule has 3 N–H and O–H groups in total. The summed E-state index contributed by atoms with van der Waals surface area (Å²) in [7, 11) is 0. The Bertz CT molecular complexity index is 168. The van der Waals surface area contributed by atoms with Crippen LogP contribution in [0.1, 0.15) is 0 Å². The van der Waals surface area contributed by atoms with Crippen molar-refractivity contribution in [3.63, 3.8) is 0 Å². The predicted molar refractivity (Wildman–Crippen MR) is 31.9 cm³/mol. The van der Waals surface area contributed by atoms with Crippen LogP contribution >= 0.6 is 0 Å². The number of hydrogen-bond donors (Lipinski definition) is 2. The van der Waals surface area contributed by atoms with Crippen LogP contribution in [0, 0.1) is 0 Å². The van der Waals surface area contributed by atoms with Crippen LogP contribution in [0.4, 0.5) is 0 Å². The fourth-order valence-electron chi connectivity index (χ4n) is 0.571. The molecule has 0 spiro atoms. The molecule has 1 unspecified atom stereocenters. The van der Waals surface area contributed by atoms with Crippen molar-refractivity contribution in [1.29, 1.82) is 0 Å². The van der Waals surface area contributed by atoms with Crippen molar-refractivity contribution in [2.45, 2.75) is 6.10 Å². The largest absolute Gasteiger partial charge is 0.449 e. The Morgan fingerprint density at radius 3 is 2.90 bits per heavy atom. The molecule has 0 aromatic carbocycles. The van der Waals surface area contributed by atoms with Crippen molar-refractivity contribution in [2.24, 2.45) is 5.73 Å². The van der Waals surface area contributed by atoms with Crippen molar-refractivity contribution >= 4 is 11.9 Å². The first kappa shape index (κ1) is 7.01. The molecule has 0 aromatic heterocycles. The molecule has 56 valence electrons. The summed E-state index contributed by atoms with van der Waals surface area (Å²) in [6.45, 7) is 0.231. The number of β-lactam (4-membered cyclic amide) rings is 1. The van der Waals surface area contributed by atoms with Crippen LogP contribution in [0.25, 0.3) is 0 Å². The van der Waals surface area contributed by atoms with E-state index in [1.54, 1.807) is 0 Å². The second kappa shape index (κ2) is 2.66. The molecule has 1 aliphatic rings. The van der Waals surface area contributed by atoms with E-state index in [4.69, 9.17) is 5.73 Å². The SMILES string of the molecule is NCC(=O)OC1CNC1=O. The fourth-order valence-corrected chi connectivity index (χ4v) is 0.571. The van der Waals surface area contributed by atoms with Crippen LogP contribution in [0.3, 0.4) is 0 Å². The molecular formula is C5H8N2O3. The maximum atomic E-state index is 10.5. The van der Waals surface area contributed by atoms with Gasteiger partial charge in [0.05, 0.1) is 13.1 Å². The summed E-state index contributed by atoms with van der Waals surface area (Å²) in [5.41, 5.74) is 4.94. The number of nitrogens with one attached hydrogen (secondary N) is 1. The maximum absolute atomic E-state index is 10.5. The maximum Gasteiger partial charge on any atom is 0.320 e. The fraction of sp³-hybridized carbons (Fsp3) is 0.600. The van der Waals surface area contributed by atoms with Gasteiger partial charge in [-0.2, -0.15) is 0 Å². The highest BCUT2D eigenvalue weighted by Gasteiger charge is 2.30. The lowest BCUT2D eigenvalue weighted by molar-refractivity contribution is -0.160. The van der Waals surface area contributed by atoms with Crippen molar-refractivity contribution in [3.8, 4) is 0 Å². The molecule has 0 bridgehead atoms. The van der Waals surface area contributed by atoms with E-state index in [0.29, 0.717) is 6.54 Å². The van der Waals surface area contributed by atoms with Crippen molar-refractivity contribution in [3.05, 3.63) is 0 Å². The average molecular weight is 144 g/mol. The van der Waals surface area contributed by atoms with E-state index in [0.717, 1.165) is 0 Å². The Balaban J connectivity index is 2.25. The van der Waals surface area contributed by atoms with Gasteiger partial charge < -0.3 is 15.8 Å². The standard InChI is InChI=1S/C5H8N2O3/c6-1-4(8)10-3-2-7-5(3)9/h3H,1-2,6H2,(H,7,9). The molecule has 1 aliphatic heterocycles. The molecule has 5 nitrogen and oxygen atoms in total. The van der Waals surface area contributed by atoms with Gasteiger partial charge in [-0.25, -0.2) is 0 Å². The van der Waals surface area contributed by atoms with Gasteiger partial charge in [-0.1, -0.05) is 0 Å². The summed E-state index contributed by atoms with van der Waals surface area (Å²) >= 11 is 0.